The molecule has 0 aliphatic rings. The molecule has 0 fully saturated rings. The zero-order valence-corrected chi connectivity index (χ0v) is 13.5. The van der Waals surface area contributed by atoms with E-state index < -0.39 is 0 Å². The van der Waals surface area contributed by atoms with Gasteiger partial charge in [-0.3, -0.25) is 0 Å². The molecule has 0 saturated carbocycles. The van der Waals surface area contributed by atoms with Gasteiger partial charge in [-0.05, 0) is 12.0 Å². The summed E-state index contributed by atoms with van der Waals surface area (Å²) >= 11 is 0. The predicted octanol–water partition coefficient (Wildman–Crippen LogP) is -4.14. The first-order valence-corrected chi connectivity index (χ1v) is 6.53. The van der Waals surface area contributed by atoms with Crippen molar-refractivity contribution in [2.45, 2.75) is 12.5 Å². The number of hydrogen-bond donors (Lipinski definition) is 0. The molecule has 0 N–H and O–H groups in total. The van der Waals surface area contributed by atoms with Crippen LogP contribution in [0.15, 0.2) is 59.6 Å². The van der Waals surface area contributed by atoms with E-state index >= 15 is 0 Å². The summed E-state index contributed by atoms with van der Waals surface area (Å²) in [7, 11) is 1.62. The van der Waals surface area contributed by atoms with E-state index in [9.17, 15) is 5.11 Å². The maximum atomic E-state index is 12.1. The Labute approximate surface area is 156 Å². The topological polar surface area (TPSA) is 44.6 Å². The average Bonchev–Trinajstić information content (AvgIpc) is 2.49. The standard InChI is InChI=1S/C17H18NO2.2Li/c1-20-13-16(12-14-8-4-2-5-9-14)18-17(19)15-10-6-3-7-11-15;;/h2-6,8-11,16H,12-13H2,1H3,(H,18,19);;/q-1;2*+1/p-1/t16-;;/m0../s1. The number of benzene rings is 2. The van der Waals surface area contributed by atoms with E-state index in [0.717, 1.165) is 5.56 Å². The molecule has 2 aromatic rings. The van der Waals surface area contributed by atoms with Crippen molar-refractivity contribution in [3.63, 3.8) is 0 Å². The molecule has 3 nitrogen and oxygen atoms in total. The summed E-state index contributed by atoms with van der Waals surface area (Å²) in [5.74, 6) is -0.222. The van der Waals surface area contributed by atoms with Crippen molar-refractivity contribution < 1.29 is 47.6 Å². The molecule has 104 valence electrons. The summed E-state index contributed by atoms with van der Waals surface area (Å²) in [5, 5.41) is 12.1. The van der Waals surface area contributed by atoms with E-state index in [0.29, 0.717) is 18.6 Å². The van der Waals surface area contributed by atoms with Crippen LogP contribution in [0.4, 0.5) is 0 Å². The third kappa shape index (κ3) is 6.88. The Bertz CT molecular complexity index is 547. The number of ether oxygens (including phenoxy) is 1. The van der Waals surface area contributed by atoms with Gasteiger partial charge < -0.3 is 14.8 Å². The second kappa shape index (κ2) is 11.6. The van der Waals surface area contributed by atoms with Crippen LogP contribution in [0.25, 0.3) is 0 Å². The molecule has 0 amide bonds. The molecule has 0 unspecified atom stereocenters. The minimum atomic E-state index is -0.222. The fraction of sp³-hybridized carbons (Fsp3) is 0.235. The zero-order chi connectivity index (χ0) is 14.2. The first-order chi connectivity index (χ1) is 9.79. The van der Waals surface area contributed by atoms with Gasteiger partial charge in [-0.2, -0.15) is 30.3 Å². The van der Waals surface area contributed by atoms with Crippen LogP contribution >= 0.6 is 0 Å². The van der Waals surface area contributed by atoms with Crippen molar-refractivity contribution in [3.8, 4) is 0 Å². The fourth-order valence-electron chi connectivity index (χ4n) is 1.99. The van der Waals surface area contributed by atoms with Gasteiger partial charge in [0.05, 0.1) is 12.6 Å². The Morgan fingerprint density at radius 1 is 1.18 bits per heavy atom. The molecule has 0 spiro atoms. The van der Waals surface area contributed by atoms with Crippen LogP contribution in [0, 0.1) is 6.07 Å². The van der Waals surface area contributed by atoms with E-state index in [1.807, 2.05) is 30.3 Å². The van der Waals surface area contributed by atoms with Crippen LogP contribution in [0.1, 0.15) is 11.1 Å². The molecule has 0 aliphatic heterocycles. The molecule has 0 bridgehead atoms. The molecule has 0 aliphatic carbocycles. The summed E-state index contributed by atoms with van der Waals surface area (Å²) in [6.45, 7) is 0.428. The van der Waals surface area contributed by atoms with Crippen LogP contribution in [-0.4, -0.2) is 25.7 Å². The summed E-state index contributed by atoms with van der Waals surface area (Å²) in [5.41, 5.74) is 1.70. The van der Waals surface area contributed by atoms with Gasteiger partial charge in [-0.25, -0.2) is 0 Å². The van der Waals surface area contributed by atoms with Gasteiger partial charge in [0.2, 0.25) is 0 Å². The first-order valence-electron chi connectivity index (χ1n) is 6.53. The van der Waals surface area contributed by atoms with Crippen LogP contribution in [0.2, 0.25) is 0 Å². The molecule has 0 heterocycles. The third-order valence-electron chi connectivity index (χ3n) is 2.93. The van der Waals surface area contributed by atoms with E-state index in [-0.39, 0.29) is 49.7 Å². The molecule has 0 radical (unpaired) electrons. The SMILES string of the molecule is COC[C@H](Cc1ccccc1)N=C([O-])c1c[c-]ccc1.[Li+].[Li+]. The van der Waals surface area contributed by atoms with E-state index in [1.165, 1.54) is 0 Å². The van der Waals surface area contributed by atoms with Gasteiger partial charge in [-0.15, -0.1) is 5.56 Å². The van der Waals surface area contributed by atoms with Crippen molar-refractivity contribution >= 4 is 5.90 Å². The Hall–Kier alpha value is -0.935. The predicted molar refractivity (Wildman–Crippen MR) is 77.6 cm³/mol. The van der Waals surface area contributed by atoms with E-state index in [2.05, 4.69) is 11.1 Å². The van der Waals surface area contributed by atoms with Crippen LogP contribution in [-0.2, 0) is 11.2 Å². The molecule has 2 aromatic carbocycles. The maximum absolute atomic E-state index is 12.1. The average molecular weight is 281 g/mol. The normalized spacial score (nSPS) is 12.0. The van der Waals surface area contributed by atoms with Crippen molar-refractivity contribution in [3.05, 3.63) is 71.8 Å². The maximum Gasteiger partial charge on any atom is 1.00 e. The number of nitrogens with zero attached hydrogens (tertiary/aromatic N) is 1. The monoisotopic (exact) mass is 281 g/mol. The van der Waals surface area contributed by atoms with Gasteiger partial charge in [0, 0.05) is 7.11 Å². The number of rotatable bonds is 6. The molecule has 0 aromatic heterocycles. The third-order valence-corrected chi connectivity index (χ3v) is 2.93. The molecule has 22 heavy (non-hydrogen) atoms. The Balaban J connectivity index is 0.00000220. The smallest absolute Gasteiger partial charge is 0.868 e. The molecule has 5 heteroatoms. The van der Waals surface area contributed by atoms with Gasteiger partial charge >= 0.3 is 37.7 Å². The second-order valence-corrected chi connectivity index (χ2v) is 4.53. The molecule has 2 rings (SSSR count). The number of hydrogen-bond acceptors (Lipinski definition) is 3. The van der Waals surface area contributed by atoms with Gasteiger partial charge in [0.15, 0.2) is 0 Å². The van der Waals surface area contributed by atoms with E-state index in [1.54, 1.807) is 31.4 Å². The Kier molecular flexibility index (Phi) is 11.1. The minimum Gasteiger partial charge on any atom is -0.868 e. The van der Waals surface area contributed by atoms with Crippen LogP contribution in [0.3, 0.4) is 0 Å². The van der Waals surface area contributed by atoms with Crippen molar-refractivity contribution in [1.82, 2.24) is 0 Å². The van der Waals surface area contributed by atoms with Crippen molar-refractivity contribution in [1.29, 1.82) is 0 Å². The summed E-state index contributed by atoms with van der Waals surface area (Å²) in [6.07, 6.45) is 0.691. The van der Waals surface area contributed by atoms with Crippen molar-refractivity contribution in [2.24, 2.45) is 4.99 Å². The quantitative estimate of drug-likeness (QED) is 0.234. The minimum absolute atomic E-state index is 0. The van der Waals surface area contributed by atoms with Crippen LogP contribution < -0.4 is 42.8 Å². The zero-order valence-electron chi connectivity index (χ0n) is 13.5. The number of aliphatic imine (C=N–C) groups is 1. The van der Waals surface area contributed by atoms with E-state index in [4.69, 9.17) is 4.74 Å². The molecule has 0 saturated heterocycles. The largest absolute Gasteiger partial charge is 1.00 e. The van der Waals surface area contributed by atoms with Gasteiger partial charge in [0.1, 0.15) is 0 Å². The van der Waals surface area contributed by atoms with Gasteiger partial charge in [0.25, 0.3) is 0 Å². The first kappa shape index (κ1) is 21.1. The molecular weight excluding hydrogens is 264 g/mol. The Morgan fingerprint density at radius 3 is 2.50 bits per heavy atom. The van der Waals surface area contributed by atoms with Crippen molar-refractivity contribution in [2.75, 3.05) is 13.7 Å². The molecular formula is C17H17Li2NO2. The summed E-state index contributed by atoms with van der Waals surface area (Å²) in [4.78, 5) is 4.25. The Morgan fingerprint density at radius 2 is 1.91 bits per heavy atom. The van der Waals surface area contributed by atoms with Crippen LogP contribution in [0.5, 0.6) is 0 Å². The summed E-state index contributed by atoms with van der Waals surface area (Å²) < 4.78 is 5.16. The molecule has 1 atom stereocenters. The van der Waals surface area contributed by atoms with Gasteiger partial charge in [-0.1, -0.05) is 36.2 Å². The fourth-order valence-corrected chi connectivity index (χ4v) is 1.99. The number of methoxy groups -OCH3 is 1. The summed E-state index contributed by atoms with van der Waals surface area (Å²) in [6, 6.07) is 19.6. The second-order valence-electron chi connectivity index (χ2n) is 4.53.